The van der Waals surface area contributed by atoms with Crippen molar-refractivity contribution in [2.24, 2.45) is 16.8 Å². The Bertz CT molecular complexity index is 844. The molecule has 1 atom stereocenters. The molecule has 0 radical (unpaired) electrons. The second-order valence-electron chi connectivity index (χ2n) is 8.62. The highest BCUT2D eigenvalue weighted by Crippen LogP contribution is 2.37. The van der Waals surface area contributed by atoms with Crippen LogP contribution in [0.2, 0.25) is 0 Å². The molecule has 4 nitrogen and oxygen atoms in total. The maximum Gasteiger partial charge on any atom is 0.201 e. The molecule has 1 N–H and O–H groups in total. The van der Waals surface area contributed by atoms with E-state index in [-0.39, 0.29) is 6.04 Å². The average molecular weight is 369 g/mol. The van der Waals surface area contributed by atoms with E-state index >= 15 is 0 Å². The molecule has 0 spiro atoms. The molecular weight excluding hydrogens is 336 g/mol. The van der Waals surface area contributed by atoms with Crippen LogP contribution in [0.15, 0.2) is 23.2 Å². The quantitative estimate of drug-likeness (QED) is 0.796. The first-order chi connectivity index (χ1) is 13.1. The molecule has 2 aromatic rings. The van der Waals surface area contributed by atoms with Gasteiger partial charge in [-0.05, 0) is 49.8 Å². The van der Waals surface area contributed by atoms with Gasteiger partial charge in [0.25, 0.3) is 0 Å². The lowest BCUT2D eigenvalue weighted by molar-refractivity contribution is 0.171. The molecule has 1 saturated carbocycles. The highest BCUT2D eigenvalue weighted by molar-refractivity contribution is 6.14. The van der Waals surface area contributed by atoms with Crippen molar-refractivity contribution in [2.45, 2.75) is 58.9 Å². The number of fused-ring (bicyclic) bond motifs is 1. The SMILES string of the molecule is CC(Cc1ccc2c(c1)c(C1=NCCOC1)c(O)n2C(C)C)C1CCCC1. The molecule has 0 bridgehead atoms. The first-order valence-corrected chi connectivity index (χ1v) is 10.5. The fourth-order valence-electron chi connectivity index (χ4n) is 4.96. The van der Waals surface area contributed by atoms with Gasteiger partial charge in [0.2, 0.25) is 5.88 Å². The van der Waals surface area contributed by atoms with E-state index in [1.807, 2.05) is 4.57 Å². The Morgan fingerprint density at radius 3 is 2.67 bits per heavy atom. The van der Waals surface area contributed by atoms with E-state index in [9.17, 15) is 5.11 Å². The standard InChI is InChI=1S/C23H32N2O2/c1-15(2)25-21-9-8-17(12-16(3)18-6-4-5-7-18)13-19(21)22(23(25)26)20-14-27-11-10-24-20/h8-9,13,15-16,18,26H,4-7,10-12,14H2,1-3H3. The van der Waals surface area contributed by atoms with Crippen LogP contribution in [0.5, 0.6) is 5.88 Å². The first-order valence-electron chi connectivity index (χ1n) is 10.5. The van der Waals surface area contributed by atoms with Crippen LogP contribution in [0, 0.1) is 11.8 Å². The summed E-state index contributed by atoms with van der Waals surface area (Å²) in [6.45, 7) is 8.43. The maximum atomic E-state index is 11.0. The number of benzene rings is 1. The summed E-state index contributed by atoms with van der Waals surface area (Å²) in [4.78, 5) is 4.66. The van der Waals surface area contributed by atoms with Gasteiger partial charge in [0.05, 0.1) is 36.6 Å². The molecule has 1 aliphatic carbocycles. The van der Waals surface area contributed by atoms with E-state index in [1.165, 1.54) is 31.2 Å². The minimum atomic E-state index is 0.189. The molecule has 1 aromatic heterocycles. The van der Waals surface area contributed by atoms with Crippen molar-refractivity contribution in [3.05, 3.63) is 29.3 Å². The fourth-order valence-corrected chi connectivity index (χ4v) is 4.96. The Kier molecular flexibility index (Phi) is 5.27. The van der Waals surface area contributed by atoms with Crippen molar-refractivity contribution in [1.29, 1.82) is 0 Å². The van der Waals surface area contributed by atoms with Crippen LogP contribution in [0.25, 0.3) is 10.9 Å². The van der Waals surface area contributed by atoms with Gasteiger partial charge in [0.15, 0.2) is 0 Å². The normalized spacial score (nSPS) is 19.8. The number of aromatic hydroxyl groups is 1. The van der Waals surface area contributed by atoms with E-state index in [1.54, 1.807) is 0 Å². The summed E-state index contributed by atoms with van der Waals surface area (Å²) in [5.74, 6) is 1.90. The summed E-state index contributed by atoms with van der Waals surface area (Å²) in [5.41, 5.74) is 4.20. The molecule has 27 heavy (non-hydrogen) atoms. The Labute approximate surface area is 162 Å². The second-order valence-corrected chi connectivity index (χ2v) is 8.62. The van der Waals surface area contributed by atoms with Gasteiger partial charge in [0, 0.05) is 11.4 Å². The number of aromatic nitrogens is 1. The highest BCUT2D eigenvalue weighted by Gasteiger charge is 2.25. The van der Waals surface area contributed by atoms with Gasteiger partial charge in [0.1, 0.15) is 0 Å². The lowest BCUT2D eigenvalue weighted by Crippen LogP contribution is -2.19. The smallest absolute Gasteiger partial charge is 0.201 e. The van der Waals surface area contributed by atoms with Gasteiger partial charge < -0.3 is 14.4 Å². The molecule has 1 aromatic carbocycles. The van der Waals surface area contributed by atoms with E-state index in [0.29, 0.717) is 31.6 Å². The summed E-state index contributed by atoms with van der Waals surface area (Å²) in [5, 5.41) is 12.1. The molecule has 1 unspecified atom stereocenters. The molecule has 1 fully saturated rings. The number of aliphatic imine (C=N–C) groups is 1. The first kappa shape index (κ1) is 18.5. The van der Waals surface area contributed by atoms with E-state index in [0.717, 1.165) is 34.5 Å². The van der Waals surface area contributed by atoms with Crippen LogP contribution in [0.3, 0.4) is 0 Å². The van der Waals surface area contributed by atoms with Crippen LogP contribution in [-0.4, -0.2) is 35.1 Å². The minimum Gasteiger partial charge on any atom is -0.494 e. The molecule has 1 aliphatic heterocycles. The molecular formula is C23H32N2O2. The van der Waals surface area contributed by atoms with Crippen molar-refractivity contribution < 1.29 is 9.84 Å². The zero-order chi connectivity index (χ0) is 19.0. The zero-order valence-corrected chi connectivity index (χ0v) is 16.9. The van der Waals surface area contributed by atoms with Crippen molar-refractivity contribution >= 4 is 16.6 Å². The third-order valence-electron chi connectivity index (χ3n) is 6.39. The number of hydrogen-bond donors (Lipinski definition) is 1. The summed E-state index contributed by atoms with van der Waals surface area (Å²) in [6.07, 6.45) is 6.66. The van der Waals surface area contributed by atoms with Crippen LogP contribution < -0.4 is 0 Å². The van der Waals surface area contributed by atoms with E-state index < -0.39 is 0 Å². The van der Waals surface area contributed by atoms with Gasteiger partial charge in [-0.15, -0.1) is 0 Å². The van der Waals surface area contributed by atoms with Crippen LogP contribution in [0.1, 0.15) is 63.6 Å². The monoisotopic (exact) mass is 368 g/mol. The van der Waals surface area contributed by atoms with Gasteiger partial charge in [-0.1, -0.05) is 38.7 Å². The Morgan fingerprint density at radius 1 is 1.22 bits per heavy atom. The second kappa shape index (κ2) is 7.67. The van der Waals surface area contributed by atoms with Crippen LogP contribution in [0.4, 0.5) is 0 Å². The van der Waals surface area contributed by atoms with E-state index in [2.05, 4.69) is 44.0 Å². The average Bonchev–Trinajstić information content (AvgIpc) is 3.28. The van der Waals surface area contributed by atoms with Gasteiger partial charge in [-0.25, -0.2) is 0 Å². The molecule has 4 heteroatoms. The molecule has 2 aliphatic rings. The lowest BCUT2D eigenvalue weighted by Gasteiger charge is -2.19. The number of ether oxygens (including phenoxy) is 1. The Morgan fingerprint density at radius 2 is 2.00 bits per heavy atom. The molecule has 0 saturated heterocycles. The summed E-state index contributed by atoms with van der Waals surface area (Å²) in [7, 11) is 0. The maximum absolute atomic E-state index is 11.0. The van der Waals surface area contributed by atoms with Crippen LogP contribution in [-0.2, 0) is 11.2 Å². The highest BCUT2D eigenvalue weighted by atomic mass is 16.5. The molecule has 4 rings (SSSR count). The van der Waals surface area contributed by atoms with Gasteiger partial charge >= 0.3 is 0 Å². The summed E-state index contributed by atoms with van der Waals surface area (Å²) < 4.78 is 7.64. The lowest BCUT2D eigenvalue weighted by atomic mass is 9.87. The molecule has 0 amide bonds. The molecule has 2 heterocycles. The van der Waals surface area contributed by atoms with Crippen molar-refractivity contribution in [2.75, 3.05) is 19.8 Å². The van der Waals surface area contributed by atoms with Gasteiger partial charge in [-0.2, -0.15) is 0 Å². The van der Waals surface area contributed by atoms with Crippen molar-refractivity contribution in [3.8, 4) is 5.88 Å². The Balaban J connectivity index is 1.75. The molecule has 146 valence electrons. The third kappa shape index (κ3) is 3.52. The van der Waals surface area contributed by atoms with Crippen LogP contribution >= 0.6 is 0 Å². The minimum absolute atomic E-state index is 0.189. The predicted octanol–water partition coefficient (Wildman–Crippen LogP) is 5.12. The number of rotatable bonds is 5. The topological polar surface area (TPSA) is 46.8 Å². The van der Waals surface area contributed by atoms with Crippen molar-refractivity contribution in [3.63, 3.8) is 0 Å². The third-order valence-corrected chi connectivity index (χ3v) is 6.39. The van der Waals surface area contributed by atoms with Crippen molar-refractivity contribution in [1.82, 2.24) is 4.57 Å². The summed E-state index contributed by atoms with van der Waals surface area (Å²) >= 11 is 0. The zero-order valence-electron chi connectivity index (χ0n) is 16.9. The predicted molar refractivity (Wildman–Crippen MR) is 111 cm³/mol. The largest absolute Gasteiger partial charge is 0.494 e. The van der Waals surface area contributed by atoms with E-state index in [4.69, 9.17) is 4.74 Å². The summed E-state index contributed by atoms with van der Waals surface area (Å²) in [6, 6.07) is 6.90. The number of hydrogen-bond acceptors (Lipinski definition) is 3. The Hall–Kier alpha value is -1.81. The van der Waals surface area contributed by atoms with Gasteiger partial charge in [-0.3, -0.25) is 4.99 Å². The number of nitrogens with zero attached hydrogens (tertiary/aromatic N) is 2. The fraction of sp³-hybridized carbons (Fsp3) is 0.609.